The largest absolute Gasteiger partial charge is 0.434 e. The van der Waals surface area contributed by atoms with Gasteiger partial charge in [0.1, 0.15) is 5.52 Å². The minimum Gasteiger partial charge on any atom is -0.434 e. The van der Waals surface area contributed by atoms with E-state index in [1.54, 1.807) is 0 Å². The van der Waals surface area contributed by atoms with Gasteiger partial charge in [0.15, 0.2) is 5.58 Å². The first-order valence-electron chi connectivity index (χ1n) is 20.5. The van der Waals surface area contributed by atoms with Crippen LogP contribution >= 0.6 is 11.3 Å². The lowest BCUT2D eigenvalue weighted by Gasteiger charge is -2.27. The molecular weight excluding hydrogens is 751 g/mol. The molecule has 284 valence electrons. The smallest absolute Gasteiger partial charge is 0.227 e. The Morgan fingerprint density at radius 3 is 2.07 bits per heavy atom. The summed E-state index contributed by atoms with van der Waals surface area (Å²) in [4.78, 5) is 7.35. The van der Waals surface area contributed by atoms with Crippen molar-refractivity contribution >= 4 is 75.8 Å². The molecule has 12 rings (SSSR count). The summed E-state index contributed by atoms with van der Waals surface area (Å²) < 4.78 is 11.7. The number of rotatable bonds is 7. The van der Waals surface area contributed by atoms with Gasteiger partial charge in [-0.05, 0) is 132 Å². The predicted molar refractivity (Wildman–Crippen MR) is 253 cm³/mol. The molecule has 5 heteroatoms. The molecule has 0 fully saturated rings. The van der Waals surface area contributed by atoms with E-state index in [1.165, 1.54) is 31.4 Å². The summed E-state index contributed by atoms with van der Waals surface area (Å²) in [7, 11) is 0. The standard InChI is InChI=1S/C55H37N3OS/c1-4-13-37(14-5-1)55-56-49-30-29-46-47-34-39(36-23-27-43(28-24-36)57(41-16-6-2-7-17-41)42-18-8-3-9-19-42)25-31-50(47)58(53(46)54(49)59-55)44-20-12-15-38(33-44)40-26-32-52-48(35-40)45-21-10-11-22-51(45)60-52/h1-2,4-8,10-35H,3,9H2. The second-order valence-corrected chi connectivity index (χ2v) is 16.5. The predicted octanol–water partition coefficient (Wildman–Crippen LogP) is 15.7. The van der Waals surface area contributed by atoms with Crippen LogP contribution in [0.15, 0.2) is 210 Å². The van der Waals surface area contributed by atoms with Crippen LogP contribution in [0.3, 0.4) is 0 Å². The SMILES string of the molecule is C1=CC(N(c2ccccc2)c2ccc(-c3ccc4c(c3)c3ccc5nc(-c6ccccc6)oc5c3n4-c3cccc(-c4ccc5sc6ccccc6c5c4)c3)cc2)=CCC1. The summed E-state index contributed by atoms with van der Waals surface area (Å²) in [5.41, 5.74) is 13.9. The van der Waals surface area contributed by atoms with E-state index < -0.39 is 0 Å². The fourth-order valence-corrected chi connectivity index (χ4v) is 10.0. The quantitative estimate of drug-likeness (QED) is 0.161. The lowest BCUT2D eigenvalue weighted by Crippen LogP contribution is -2.16. The molecule has 1 aliphatic carbocycles. The first kappa shape index (κ1) is 34.6. The number of oxazole rings is 1. The summed E-state index contributed by atoms with van der Waals surface area (Å²) in [6, 6.07) is 65.4. The Labute approximate surface area is 351 Å². The molecule has 4 nitrogen and oxygen atoms in total. The molecule has 0 bridgehead atoms. The van der Waals surface area contributed by atoms with E-state index >= 15 is 0 Å². The summed E-state index contributed by atoms with van der Waals surface area (Å²) in [5.74, 6) is 0.616. The van der Waals surface area contributed by atoms with Crippen molar-refractivity contribution < 1.29 is 4.42 Å². The fourth-order valence-electron chi connectivity index (χ4n) is 8.96. The second-order valence-electron chi connectivity index (χ2n) is 15.4. The molecule has 0 amide bonds. The van der Waals surface area contributed by atoms with Crippen LogP contribution in [0, 0.1) is 0 Å². The maximum Gasteiger partial charge on any atom is 0.227 e. The van der Waals surface area contributed by atoms with Gasteiger partial charge in [0.2, 0.25) is 5.89 Å². The molecule has 60 heavy (non-hydrogen) atoms. The van der Waals surface area contributed by atoms with Crippen LogP contribution in [-0.4, -0.2) is 9.55 Å². The Morgan fingerprint density at radius 2 is 1.22 bits per heavy atom. The number of fused-ring (bicyclic) bond motifs is 8. The zero-order chi connectivity index (χ0) is 39.6. The summed E-state index contributed by atoms with van der Waals surface area (Å²) in [6.45, 7) is 0. The number of hydrogen-bond acceptors (Lipinski definition) is 4. The van der Waals surface area contributed by atoms with Gasteiger partial charge >= 0.3 is 0 Å². The molecule has 0 radical (unpaired) electrons. The topological polar surface area (TPSA) is 34.2 Å². The third-order valence-electron chi connectivity index (χ3n) is 11.8. The van der Waals surface area contributed by atoms with Gasteiger partial charge in [-0.25, -0.2) is 4.98 Å². The first-order chi connectivity index (χ1) is 29.7. The van der Waals surface area contributed by atoms with Crippen LogP contribution in [0.5, 0.6) is 0 Å². The van der Waals surface area contributed by atoms with Crippen molar-refractivity contribution in [3.05, 3.63) is 206 Å². The van der Waals surface area contributed by atoms with Gasteiger partial charge in [-0.3, -0.25) is 0 Å². The maximum atomic E-state index is 6.75. The van der Waals surface area contributed by atoms with E-state index in [0.717, 1.165) is 85.1 Å². The van der Waals surface area contributed by atoms with Crippen LogP contribution in [0.4, 0.5) is 11.4 Å². The fraction of sp³-hybridized carbons (Fsp3) is 0.0364. The number of para-hydroxylation sites is 1. The average Bonchev–Trinajstić information content (AvgIpc) is 4.02. The van der Waals surface area contributed by atoms with Crippen LogP contribution in [0.25, 0.3) is 92.5 Å². The van der Waals surface area contributed by atoms with Crippen molar-refractivity contribution in [1.82, 2.24) is 9.55 Å². The highest BCUT2D eigenvalue weighted by molar-refractivity contribution is 7.25. The molecule has 0 atom stereocenters. The Morgan fingerprint density at radius 1 is 0.517 bits per heavy atom. The zero-order valence-electron chi connectivity index (χ0n) is 32.6. The number of nitrogens with zero attached hydrogens (tertiary/aromatic N) is 3. The van der Waals surface area contributed by atoms with Crippen molar-refractivity contribution in [2.45, 2.75) is 12.8 Å². The summed E-state index contributed by atoms with van der Waals surface area (Å²) in [5, 5.41) is 4.88. The molecule has 8 aromatic carbocycles. The minimum absolute atomic E-state index is 0.616. The highest BCUT2D eigenvalue weighted by Crippen LogP contribution is 2.42. The average molecular weight is 788 g/mol. The van der Waals surface area contributed by atoms with Gasteiger partial charge in [0, 0.05) is 59.3 Å². The van der Waals surface area contributed by atoms with Crippen molar-refractivity contribution in [3.8, 4) is 39.4 Å². The number of anilines is 2. The third kappa shape index (κ3) is 5.77. The van der Waals surface area contributed by atoms with Crippen molar-refractivity contribution in [2.24, 2.45) is 0 Å². The van der Waals surface area contributed by atoms with E-state index in [4.69, 9.17) is 9.40 Å². The molecule has 0 aliphatic heterocycles. The lowest BCUT2D eigenvalue weighted by molar-refractivity contribution is 0.622. The molecule has 0 unspecified atom stereocenters. The monoisotopic (exact) mass is 787 g/mol. The number of hydrogen-bond donors (Lipinski definition) is 0. The molecule has 0 N–H and O–H groups in total. The normalized spacial score (nSPS) is 12.9. The van der Waals surface area contributed by atoms with Gasteiger partial charge in [0.25, 0.3) is 0 Å². The van der Waals surface area contributed by atoms with E-state index in [2.05, 4.69) is 179 Å². The molecule has 3 aromatic heterocycles. The third-order valence-corrected chi connectivity index (χ3v) is 13.0. The summed E-state index contributed by atoms with van der Waals surface area (Å²) >= 11 is 1.85. The molecule has 1 aliphatic rings. The Hall–Kier alpha value is -7.47. The van der Waals surface area contributed by atoms with Gasteiger partial charge in [0.05, 0.1) is 11.0 Å². The van der Waals surface area contributed by atoms with Crippen molar-refractivity contribution in [1.29, 1.82) is 0 Å². The Balaban J connectivity index is 1.01. The van der Waals surface area contributed by atoms with E-state index in [1.807, 2.05) is 41.7 Å². The van der Waals surface area contributed by atoms with Gasteiger partial charge in [-0.2, -0.15) is 0 Å². The van der Waals surface area contributed by atoms with E-state index in [9.17, 15) is 0 Å². The Bertz CT molecular complexity index is 3480. The molecule has 0 saturated carbocycles. The highest BCUT2D eigenvalue weighted by Gasteiger charge is 2.21. The molecule has 11 aromatic rings. The van der Waals surface area contributed by atoms with Gasteiger partial charge < -0.3 is 13.9 Å². The zero-order valence-corrected chi connectivity index (χ0v) is 33.4. The van der Waals surface area contributed by atoms with Crippen molar-refractivity contribution in [2.75, 3.05) is 4.90 Å². The van der Waals surface area contributed by atoms with Gasteiger partial charge in [-0.1, -0.05) is 103 Å². The Kier molecular flexibility index (Phi) is 8.13. The summed E-state index contributed by atoms with van der Waals surface area (Å²) in [6.07, 6.45) is 8.96. The molecule has 0 saturated heterocycles. The molecule has 0 spiro atoms. The van der Waals surface area contributed by atoms with Crippen LogP contribution in [-0.2, 0) is 0 Å². The molecular formula is C55H37N3OS. The highest BCUT2D eigenvalue weighted by atomic mass is 32.1. The second kappa shape index (κ2) is 14.1. The molecule has 3 heterocycles. The van der Waals surface area contributed by atoms with Gasteiger partial charge in [-0.15, -0.1) is 11.3 Å². The van der Waals surface area contributed by atoms with Crippen LogP contribution in [0.1, 0.15) is 12.8 Å². The maximum absolute atomic E-state index is 6.75. The van der Waals surface area contributed by atoms with E-state index in [-0.39, 0.29) is 0 Å². The number of aromatic nitrogens is 2. The number of allylic oxidation sites excluding steroid dienone is 3. The van der Waals surface area contributed by atoms with Crippen LogP contribution < -0.4 is 4.90 Å². The van der Waals surface area contributed by atoms with Crippen LogP contribution in [0.2, 0.25) is 0 Å². The number of thiophene rings is 1. The van der Waals surface area contributed by atoms with E-state index in [0.29, 0.717) is 5.89 Å². The minimum atomic E-state index is 0.616. The number of benzene rings is 8. The lowest BCUT2D eigenvalue weighted by atomic mass is 10.0. The first-order valence-corrected chi connectivity index (χ1v) is 21.3. The van der Waals surface area contributed by atoms with Crippen molar-refractivity contribution in [3.63, 3.8) is 0 Å².